The Morgan fingerprint density at radius 1 is 1.00 bits per heavy atom. The molecule has 0 aliphatic heterocycles. The van der Waals surface area contributed by atoms with Crippen molar-refractivity contribution in [2.75, 3.05) is 0 Å². The summed E-state index contributed by atoms with van der Waals surface area (Å²) in [5.41, 5.74) is 6.71. The van der Waals surface area contributed by atoms with E-state index >= 15 is 0 Å². The van der Waals surface area contributed by atoms with Crippen molar-refractivity contribution in [1.29, 1.82) is 0 Å². The molecule has 0 spiro atoms. The maximum atomic E-state index is 13.7. The Morgan fingerprint density at radius 3 is 2.52 bits per heavy atom. The Bertz CT molecular complexity index is 759. The number of rotatable bonds is 3. The molecule has 21 heavy (non-hydrogen) atoms. The number of hydrogen-bond acceptors (Lipinski definition) is 4. The molecule has 0 aliphatic rings. The molecule has 3 aromatic rings. The lowest BCUT2D eigenvalue weighted by molar-refractivity contribution is 0.480. The summed E-state index contributed by atoms with van der Waals surface area (Å²) in [5, 5.41) is 7.54. The molecule has 1 atom stereocenters. The van der Waals surface area contributed by atoms with Crippen LogP contribution in [0.15, 0.2) is 52.9 Å². The van der Waals surface area contributed by atoms with Crippen LogP contribution in [-0.4, -0.2) is 10.2 Å². The number of nitrogens with two attached hydrogens (primary N) is 1. The first-order valence-corrected chi connectivity index (χ1v) is 6.24. The third kappa shape index (κ3) is 2.66. The first-order chi connectivity index (χ1) is 10.1. The summed E-state index contributed by atoms with van der Waals surface area (Å²) in [6.45, 7) is 0. The minimum atomic E-state index is -0.639. The first kappa shape index (κ1) is 13.4. The predicted octanol–water partition coefficient (Wildman–Crippen LogP) is 3.06. The van der Waals surface area contributed by atoms with Crippen LogP contribution in [0.4, 0.5) is 8.78 Å². The molecule has 4 nitrogen and oxygen atoms in total. The van der Waals surface area contributed by atoms with Gasteiger partial charge in [0, 0.05) is 0 Å². The third-order valence-electron chi connectivity index (χ3n) is 3.02. The fourth-order valence-corrected chi connectivity index (χ4v) is 1.93. The molecule has 0 saturated carbocycles. The van der Waals surface area contributed by atoms with Gasteiger partial charge in [0.2, 0.25) is 5.89 Å². The summed E-state index contributed by atoms with van der Waals surface area (Å²) >= 11 is 0. The predicted molar refractivity (Wildman–Crippen MR) is 72.1 cm³/mol. The average molecular weight is 287 g/mol. The highest BCUT2D eigenvalue weighted by atomic mass is 19.1. The largest absolute Gasteiger partial charge is 0.418 e. The van der Waals surface area contributed by atoms with Crippen molar-refractivity contribution in [2.45, 2.75) is 6.04 Å². The van der Waals surface area contributed by atoms with E-state index in [9.17, 15) is 8.78 Å². The van der Waals surface area contributed by atoms with Crippen LogP contribution >= 0.6 is 0 Å². The summed E-state index contributed by atoms with van der Waals surface area (Å²) in [4.78, 5) is 0. The summed E-state index contributed by atoms with van der Waals surface area (Å²) in [7, 11) is 0. The van der Waals surface area contributed by atoms with Gasteiger partial charge in [0.15, 0.2) is 0 Å². The molecule has 3 rings (SSSR count). The molecule has 0 bridgehead atoms. The second kappa shape index (κ2) is 5.41. The standard InChI is InChI=1S/C15H11F2N3O/c16-10-6-7-12(17)11(8-10)14-19-20-15(21-14)13(18)9-4-2-1-3-5-9/h1-8,13H,18H2. The Hall–Kier alpha value is -2.60. The zero-order valence-electron chi connectivity index (χ0n) is 10.8. The van der Waals surface area contributed by atoms with Crippen molar-refractivity contribution < 1.29 is 13.2 Å². The Balaban J connectivity index is 1.95. The highest BCUT2D eigenvalue weighted by Crippen LogP contribution is 2.25. The maximum absolute atomic E-state index is 13.7. The van der Waals surface area contributed by atoms with Crippen LogP contribution in [0.5, 0.6) is 0 Å². The molecule has 0 amide bonds. The van der Waals surface area contributed by atoms with Gasteiger partial charge < -0.3 is 10.2 Å². The van der Waals surface area contributed by atoms with Crippen molar-refractivity contribution in [3.05, 3.63) is 71.6 Å². The molecule has 1 heterocycles. The topological polar surface area (TPSA) is 64.9 Å². The van der Waals surface area contributed by atoms with Crippen molar-refractivity contribution in [3.63, 3.8) is 0 Å². The van der Waals surface area contributed by atoms with E-state index in [2.05, 4.69) is 10.2 Å². The lowest BCUT2D eigenvalue weighted by atomic mass is 10.1. The van der Waals surface area contributed by atoms with E-state index in [1.165, 1.54) is 0 Å². The van der Waals surface area contributed by atoms with Gasteiger partial charge >= 0.3 is 0 Å². The maximum Gasteiger partial charge on any atom is 0.250 e. The quantitative estimate of drug-likeness (QED) is 0.804. The molecule has 1 aromatic heterocycles. The SMILES string of the molecule is NC(c1ccccc1)c1nnc(-c2cc(F)ccc2F)o1. The van der Waals surface area contributed by atoms with E-state index in [1.807, 2.05) is 30.3 Å². The van der Waals surface area contributed by atoms with Gasteiger partial charge in [-0.3, -0.25) is 0 Å². The number of benzene rings is 2. The second-order valence-corrected chi connectivity index (χ2v) is 4.46. The van der Waals surface area contributed by atoms with Crippen LogP contribution in [0.1, 0.15) is 17.5 Å². The summed E-state index contributed by atoms with van der Waals surface area (Å²) in [5.74, 6) is -1.19. The highest BCUT2D eigenvalue weighted by Gasteiger charge is 2.19. The Morgan fingerprint density at radius 2 is 1.76 bits per heavy atom. The molecule has 0 radical (unpaired) electrons. The monoisotopic (exact) mass is 287 g/mol. The van der Waals surface area contributed by atoms with Crippen molar-refractivity contribution >= 4 is 0 Å². The van der Waals surface area contributed by atoms with Crippen molar-refractivity contribution in [1.82, 2.24) is 10.2 Å². The molecule has 0 aliphatic carbocycles. The van der Waals surface area contributed by atoms with E-state index in [0.29, 0.717) is 0 Å². The van der Waals surface area contributed by atoms with Gasteiger partial charge in [-0.2, -0.15) is 0 Å². The fourth-order valence-electron chi connectivity index (χ4n) is 1.93. The van der Waals surface area contributed by atoms with Crippen LogP contribution in [0.25, 0.3) is 11.5 Å². The number of aromatic nitrogens is 2. The van der Waals surface area contributed by atoms with E-state index < -0.39 is 17.7 Å². The highest BCUT2D eigenvalue weighted by molar-refractivity contribution is 5.53. The summed E-state index contributed by atoms with van der Waals surface area (Å²) in [6.07, 6.45) is 0. The Kier molecular flexibility index (Phi) is 3.45. The average Bonchev–Trinajstić information content (AvgIpc) is 2.99. The zero-order valence-corrected chi connectivity index (χ0v) is 10.8. The molecule has 106 valence electrons. The second-order valence-electron chi connectivity index (χ2n) is 4.46. The smallest absolute Gasteiger partial charge is 0.250 e. The normalized spacial score (nSPS) is 12.3. The van der Waals surface area contributed by atoms with Crippen LogP contribution in [0.3, 0.4) is 0 Å². The van der Waals surface area contributed by atoms with Crippen LogP contribution in [-0.2, 0) is 0 Å². The number of hydrogen-bond donors (Lipinski definition) is 1. The lowest BCUT2D eigenvalue weighted by Crippen LogP contribution is -2.11. The van der Waals surface area contributed by atoms with Gasteiger partial charge in [0.1, 0.15) is 17.7 Å². The van der Waals surface area contributed by atoms with Crippen LogP contribution in [0.2, 0.25) is 0 Å². The molecular formula is C15H11F2N3O. The third-order valence-corrected chi connectivity index (χ3v) is 3.02. The Labute approximate surface area is 119 Å². The molecule has 2 N–H and O–H groups in total. The molecule has 0 saturated heterocycles. The van der Waals surface area contributed by atoms with Gasteiger partial charge in [0.05, 0.1) is 5.56 Å². The van der Waals surface area contributed by atoms with Crippen molar-refractivity contribution in [3.8, 4) is 11.5 Å². The van der Waals surface area contributed by atoms with Gasteiger partial charge in [-0.15, -0.1) is 10.2 Å². The van der Waals surface area contributed by atoms with Crippen LogP contribution in [0, 0.1) is 11.6 Å². The summed E-state index contributed by atoms with van der Waals surface area (Å²) in [6, 6.07) is 11.6. The zero-order chi connectivity index (χ0) is 14.8. The molecule has 2 aromatic carbocycles. The molecular weight excluding hydrogens is 276 g/mol. The minimum absolute atomic E-state index is 0.0889. The van der Waals surface area contributed by atoms with Gasteiger partial charge in [0.25, 0.3) is 5.89 Å². The fraction of sp³-hybridized carbons (Fsp3) is 0.0667. The van der Waals surface area contributed by atoms with E-state index in [4.69, 9.17) is 10.2 Å². The van der Waals surface area contributed by atoms with E-state index in [1.54, 1.807) is 0 Å². The van der Waals surface area contributed by atoms with Crippen LogP contribution < -0.4 is 5.73 Å². The van der Waals surface area contributed by atoms with E-state index in [-0.39, 0.29) is 17.3 Å². The molecule has 6 heteroatoms. The first-order valence-electron chi connectivity index (χ1n) is 6.24. The lowest BCUT2D eigenvalue weighted by Gasteiger charge is -2.06. The minimum Gasteiger partial charge on any atom is -0.418 e. The molecule has 1 unspecified atom stereocenters. The van der Waals surface area contributed by atoms with Crippen molar-refractivity contribution in [2.24, 2.45) is 5.73 Å². The van der Waals surface area contributed by atoms with Gasteiger partial charge in [-0.25, -0.2) is 8.78 Å². The van der Waals surface area contributed by atoms with E-state index in [0.717, 1.165) is 23.8 Å². The molecule has 0 fully saturated rings. The number of halogens is 2. The summed E-state index contributed by atoms with van der Waals surface area (Å²) < 4.78 is 32.2. The number of nitrogens with zero attached hydrogens (tertiary/aromatic N) is 2. The van der Waals surface area contributed by atoms with Gasteiger partial charge in [-0.1, -0.05) is 30.3 Å². The van der Waals surface area contributed by atoms with Gasteiger partial charge in [-0.05, 0) is 23.8 Å².